The van der Waals surface area contributed by atoms with E-state index in [1.807, 2.05) is 19.1 Å². The van der Waals surface area contributed by atoms with Gasteiger partial charge in [0, 0.05) is 5.56 Å². The molecule has 0 aromatic heterocycles. The van der Waals surface area contributed by atoms with Crippen LogP contribution in [0.25, 0.3) is 33.4 Å². The Kier molecular flexibility index (Phi) is 7.11. The van der Waals surface area contributed by atoms with E-state index in [9.17, 15) is 9.90 Å². The fourth-order valence-electron chi connectivity index (χ4n) is 5.80. The summed E-state index contributed by atoms with van der Waals surface area (Å²) >= 11 is 0. The van der Waals surface area contributed by atoms with Crippen LogP contribution in [0.15, 0.2) is 84.9 Å². The summed E-state index contributed by atoms with van der Waals surface area (Å²) in [4.78, 5) is 11.7. The molecule has 3 nitrogen and oxygen atoms in total. The summed E-state index contributed by atoms with van der Waals surface area (Å²) in [5.74, 6) is -0.355. The standard InChI is InChI=1S/C36H38O3/c1-6-20-39-33-23-27(34(37)38)13-16-29(33)25-12-15-28(24-10-8-7-9-11-24)30(21-25)26-14-17-31-32(22-26)36(4,5)19-18-35(31,2)3/h7-17,21-23H,6,18-20H2,1-5H3,(H,37,38). The van der Waals surface area contributed by atoms with E-state index in [2.05, 4.69) is 88.4 Å². The third-order valence-corrected chi connectivity index (χ3v) is 8.27. The highest BCUT2D eigenvalue weighted by Crippen LogP contribution is 2.48. The lowest BCUT2D eigenvalue weighted by atomic mass is 9.63. The quantitative estimate of drug-likeness (QED) is 0.265. The van der Waals surface area contributed by atoms with Gasteiger partial charge in [-0.2, -0.15) is 0 Å². The van der Waals surface area contributed by atoms with Crippen LogP contribution in [0.5, 0.6) is 5.75 Å². The van der Waals surface area contributed by atoms with Crippen LogP contribution in [0.3, 0.4) is 0 Å². The number of carbonyl (C=O) groups is 1. The summed E-state index contributed by atoms with van der Waals surface area (Å²) in [6, 6.07) is 29.2. The highest BCUT2D eigenvalue weighted by atomic mass is 16.5. The predicted octanol–water partition coefficient (Wildman–Crippen LogP) is 9.52. The number of carboxylic acids is 1. The molecule has 200 valence electrons. The fourth-order valence-corrected chi connectivity index (χ4v) is 5.80. The minimum Gasteiger partial charge on any atom is -0.493 e. The molecule has 0 saturated heterocycles. The molecule has 1 aliphatic carbocycles. The number of fused-ring (bicyclic) bond motifs is 1. The molecular weight excluding hydrogens is 480 g/mol. The molecule has 0 aliphatic heterocycles. The van der Waals surface area contributed by atoms with Crippen molar-refractivity contribution in [2.75, 3.05) is 6.61 Å². The van der Waals surface area contributed by atoms with Crippen LogP contribution in [0.2, 0.25) is 0 Å². The first-order valence-corrected chi connectivity index (χ1v) is 14.0. The van der Waals surface area contributed by atoms with Gasteiger partial charge in [0.15, 0.2) is 0 Å². The zero-order chi connectivity index (χ0) is 27.8. The summed E-state index contributed by atoms with van der Waals surface area (Å²) in [6.45, 7) is 12.0. The number of ether oxygens (including phenoxy) is 1. The molecule has 39 heavy (non-hydrogen) atoms. The van der Waals surface area contributed by atoms with E-state index in [4.69, 9.17) is 4.74 Å². The molecule has 0 bridgehead atoms. The zero-order valence-corrected chi connectivity index (χ0v) is 23.7. The normalized spacial score (nSPS) is 15.4. The lowest BCUT2D eigenvalue weighted by molar-refractivity contribution is 0.0696. The largest absolute Gasteiger partial charge is 0.493 e. The lowest BCUT2D eigenvalue weighted by Gasteiger charge is -2.42. The van der Waals surface area contributed by atoms with Gasteiger partial charge in [0.1, 0.15) is 5.75 Å². The van der Waals surface area contributed by atoms with Gasteiger partial charge in [0.25, 0.3) is 0 Å². The number of hydrogen-bond acceptors (Lipinski definition) is 2. The molecule has 0 spiro atoms. The van der Waals surface area contributed by atoms with Crippen LogP contribution >= 0.6 is 0 Å². The Morgan fingerprint density at radius 2 is 1.36 bits per heavy atom. The lowest BCUT2D eigenvalue weighted by Crippen LogP contribution is -2.33. The Morgan fingerprint density at radius 3 is 2.05 bits per heavy atom. The molecule has 0 fully saturated rings. The maximum atomic E-state index is 11.7. The molecule has 1 N–H and O–H groups in total. The number of carboxylic acid groups (broad SMARTS) is 1. The van der Waals surface area contributed by atoms with Gasteiger partial charge in [-0.1, -0.05) is 95.3 Å². The number of aromatic carboxylic acids is 1. The Morgan fingerprint density at radius 1 is 0.718 bits per heavy atom. The van der Waals surface area contributed by atoms with Crippen molar-refractivity contribution in [1.29, 1.82) is 0 Å². The maximum Gasteiger partial charge on any atom is 0.335 e. The van der Waals surface area contributed by atoms with E-state index >= 15 is 0 Å². The van der Waals surface area contributed by atoms with Gasteiger partial charge >= 0.3 is 5.97 Å². The summed E-state index contributed by atoms with van der Waals surface area (Å²) in [6.07, 6.45) is 3.19. The Balaban J connectivity index is 1.72. The van der Waals surface area contributed by atoms with Gasteiger partial charge in [0.2, 0.25) is 0 Å². The highest BCUT2D eigenvalue weighted by Gasteiger charge is 2.37. The van der Waals surface area contributed by atoms with E-state index in [1.165, 1.54) is 34.2 Å². The number of benzene rings is 4. The Labute approximate surface area is 232 Å². The van der Waals surface area contributed by atoms with Gasteiger partial charge in [-0.15, -0.1) is 0 Å². The fraction of sp³-hybridized carbons (Fsp3) is 0.306. The number of rotatable bonds is 7. The molecule has 0 atom stereocenters. The molecule has 3 heteroatoms. The SMILES string of the molecule is CCCOc1cc(C(=O)O)ccc1-c1ccc(-c2ccccc2)c(-c2ccc3c(c2)C(C)(C)CCC3(C)C)c1. The van der Waals surface area contributed by atoms with Crippen LogP contribution < -0.4 is 4.74 Å². The van der Waals surface area contributed by atoms with Crippen molar-refractivity contribution < 1.29 is 14.6 Å². The van der Waals surface area contributed by atoms with Crippen molar-refractivity contribution >= 4 is 5.97 Å². The predicted molar refractivity (Wildman–Crippen MR) is 161 cm³/mol. The molecule has 0 radical (unpaired) electrons. The highest BCUT2D eigenvalue weighted by molar-refractivity contribution is 5.91. The van der Waals surface area contributed by atoms with Gasteiger partial charge in [-0.05, 0) is 93.3 Å². The monoisotopic (exact) mass is 518 g/mol. The van der Waals surface area contributed by atoms with E-state index in [0.717, 1.165) is 29.5 Å². The van der Waals surface area contributed by atoms with Gasteiger partial charge in [0.05, 0.1) is 12.2 Å². The van der Waals surface area contributed by atoms with E-state index in [0.29, 0.717) is 12.4 Å². The second-order valence-electron chi connectivity index (χ2n) is 12.0. The van der Waals surface area contributed by atoms with Crippen molar-refractivity contribution in [2.24, 2.45) is 0 Å². The summed E-state index contributed by atoms with van der Waals surface area (Å²) in [7, 11) is 0. The second kappa shape index (κ2) is 10.4. The van der Waals surface area contributed by atoms with Crippen LogP contribution in [-0.2, 0) is 10.8 Å². The first-order chi connectivity index (χ1) is 18.6. The van der Waals surface area contributed by atoms with Crippen molar-refractivity contribution in [2.45, 2.75) is 64.7 Å². The van der Waals surface area contributed by atoms with E-state index in [-0.39, 0.29) is 16.4 Å². The molecule has 4 aromatic rings. The summed E-state index contributed by atoms with van der Waals surface area (Å²) in [5, 5.41) is 9.57. The van der Waals surface area contributed by atoms with Crippen LogP contribution in [0.4, 0.5) is 0 Å². The molecule has 5 rings (SSSR count). The van der Waals surface area contributed by atoms with Gasteiger partial charge in [-0.3, -0.25) is 0 Å². The third kappa shape index (κ3) is 5.23. The number of hydrogen-bond donors (Lipinski definition) is 1. The molecule has 0 unspecified atom stereocenters. The van der Waals surface area contributed by atoms with E-state index in [1.54, 1.807) is 12.1 Å². The first-order valence-electron chi connectivity index (χ1n) is 14.0. The molecular formula is C36H38O3. The zero-order valence-electron chi connectivity index (χ0n) is 23.7. The van der Waals surface area contributed by atoms with Crippen molar-refractivity contribution in [1.82, 2.24) is 0 Å². The molecule has 0 saturated carbocycles. The van der Waals surface area contributed by atoms with Crippen molar-refractivity contribution in [3.8, 4) is 39.1 Å². The van der Waals surface area contributed by atoms with Crippen molar-refractivity contribution in [3.05, 3.63) is 102 Å². The Bertz CT molecular complexity index is 1510. The summed E-state index contributed by atoms with van der Waals surface area (Å²) < 4.78 is 6.05. The minimum atomic E-state index is -0.956. The molecule has 4 aromatic carbocycles. The Hall–Kier alpha value is -3.85. The third-order valence-electron chi connectivity index (χ3n) is 8.27. The first kappa shape index (κ1) is 26.7. The second-order valence-corrected chi connectivity index (χ2v) is 12.0. The topological polar surface area (TPSA) is 46.5 Å². The maximum absolute atomic E-state index is 11.7. The smallest absolute Gasteiger partial charge is 0.335 e. The van der Waals surface area contributed by atoms with Crippen molar-refractivity contribution in [3.63, 3.8) is 0 Å². The van der Waals surface area contributed by atoms with E-state index < -0.39 is 5.97 Å². The van der Waals surface area contributed by atoms with Gasteiger partial charge < -0.3 is 9.84 Å². The average Bonchev–Trinajstić information content (AvgIpc) is 2.94. The van der Waals surface area contributed by atoms with Crippen LogP contribution in [0.1, 0.15) is 75.4 Å². The van der Waals surface area contributed by atoms with Gasteiger partial charge in [-0.25, -0.2) is 4.79 Å². The van der Waals surface area contributed by atoms with Crippen LogP contribution in [0, 0.1) is 0 Å². The molecule has 0 amide bonds. The molecule has 1 aliphatic rings. The van der Waals surface area contributed by atoms with Crippen LogP contribution in [-0.4, -0.2) is 17.7 Å². The average molecular weight is 519 g/mol. The minimum absolute atomic E-state index is 0.110. The summed E-state index contributed by atoms with van der Waals surface area (Å²) in [5.41, 5.74) is 9.96. The molecule has 0 heterocycles.